The van der Waals surface area contributed by atoms with Crippen LogP contribution in [0.25, 0.3) is 5.69 Å². The van der Waals surface area contributed by atoms with Gasteiger partial charge in [0.15, 0.2) is 0 Å². The first-order valence-electron chi connectivity index (χ1n) is 7.19. The van der Waals surface area contributed by atoms with E-state index in [1.54, 1.807) is 18.2 Å². The van der Waals surface area contributed by atoms with Crippen molar-refractivity contribution in [1.82, 2.24) is 4.57 Å². The van der Waals surface area contributed by atoms with Crippen LogP contribution in [0, 0.1) is 11.8 Å². The Morgan fingerprint density at radius 1 is 0.857 bits per heavy atom. The molecule has 5 heteroatoms. The fourth-order valence-corrected chi connectivity index (χ4v) is 5.19. The van der Waals surface area contributed by atoms with Gasteiger partial charge in [-0.25, -0.2) is 0 Å². The summed E-state index contributed by atoms with van der Waals surface area (Å²) < 4.78 is 1.48. The molecule has 2 fully saturated rings. The van der Waals surface area contributed by atoms with E-state index in [1.807, 2.05) is 0 Å². The number of aromatic nitrogens is 1. The lowest BCUT2D eigenvalue weighted by atomic mass is 9.95. The van der Waals surface area contributed by atoms with E-state index >= 15 is 0 Å². The quantitative estimate of drug-likeness (QED) is 0.816. The SMILES string of the molecule is Oc1c2c(c(O)n1-c1cc(Cl)cc(Cl)c1)C1CC2[C@H]2C[C@@H]12. The van der Waals surface area contributed by atoms with Gasteiger partial charge >= 0.3 is 0 Å². The van der Waals surface area contributed by atoms with E-state index < -0.39 is 0 Å². The summed E-state index contributed by atoms with van der Waals surface area (Å²) in [4.78, 5) is 0. The molecular weight excluding hydrogens is 309 g/mol. The number of rotatable bonds is 1. The highest BCUT2D eigenvalue weighted by atomic mass is 35.5. The van der Waals surface area contributed by atoms with Gasteiger partial charge in [-0.1, -0.05) is 23.2 Å². The summed E-state index contributed by atoms with van der Waals surface area (Å²) in [6, 6.07) is 5.03. The Hall–Kier alpha value is -1.32. The Labute approximate surface area is 131 Å². The predicted molar refractivity (Wildman–Crippen MR) is 80.8 cm³/mol. The zero-order valence-corrected chi connectivity index (χ0v) is 12.6. The zero-order chi connectivity index (χ0) is 14.5. The van der Waals surface area contributed by atoms with Gasteiger partial charge in [0.1, 0.15) is 0 Å². The number of benzene rings is 1. The average Bonchev–Trinajstić information content (AvgIpc) is 2.92. The van der Waals surface area contributed by atoms with Crippen molar-refractivity contribution in [2.75, 3.05) is 0 Å². The van der Waals surface area contributed by atoms with Gasteiger partial charge < -0.3 is 10.2 Å². The fraction of sp³-hybridized carbons (Fsp3) is 0.375. The first kappa shape index (κ1) is 12.2. The van der Waals surface area contributed by atoms with E-state index in [9.17, 15) is 10.2 Å². The van der Waals surface area contributed by atoms with Gasteiger partial charge in [-0.3, -0.25) is 4.57 Å². The lowest BCUT2D eigenvalue weighted by Crippen LogP contribution is -1.97. The molecule has 0 spiro atoms. The number of hydrogen-bond donors (Lipinski definition) is 2. The molecule has 2 unspecified atom stereocenters. The average molecular weight is 322 g/mol. The highest BCUT2D eigenvalue weighted by Crippen LogP contribution is 2.74. The highest BCUT2D eigenvalue weighted by Gasteiger charge is 2.62. The van der Waals surface area contributed by atoms with Crippen LogP contribution in [0.3, 0.4) is 0 Å². The van der Waals surface area contributed by atoms with Gasteiger partial charge in [0.2, 0.25) is 11.8 Å². The van der Waals surface area contributed by atoms with Crippen LogP contribution < -0.4 is 0 Å². The molecule has 0 saturated heterocycles. The molecule has 3 aliphatic rings. The van der Waals surface area contributed by atoms with Crippen LogP contribution in [0.4, 0.5) is 0 Å². The molecule has 0 amide bonds. The lowest BCUT2D eigenvalue weighted by molar-refractivity contribution is 0.392. The highest BCUT2D eigenvalue weighted by molar-refractivity contribution is 6.34. The smallest absolute Gasteiger partial charge is 0.202 e. The van der Waals surface area contributed by atoms with Crippen molar-refractivity contribution in [3.63, 3.8) is 0 Å². The second kappa shape index (κ2) is 3.71. The maximum atomic E-state index is 10.6. The lowest BCUT2D eigenvalue weighted by Gasteiger charge is -2.11. The van der Waals surface area contributed by atoms with Crippen LogP contribution in [-0.2, 0) is 0 Å². The summed E-state index contributed by atoms with van der Waals surface area (Å²) >= 11 is 12.1. The van der Waals surface area contributed by atoms with E-state index in [4.69, 9.17) is 23.2 Å². The third kappa shape index (κ3) is 1.41. The summed E-state index contributed by atoms with van der Waals surface area (Å²) in [7, 11) is 0. The van der Waals surface area contributed by atoms with E-state index in [0.29, 0.717) is 39.4 Å². The number of nitrogens with zero attached hydrogens (tertiary/aromatic N) is 1. The molecule has 1 heterocycles. The Kier molecular flexibility index (Phi) is 2.16. The van der Waals surface area contributed by atoms with Gasteiger partial charge in [-0.05, 0) is 54.7 Å². The van der Waals surface area contributed by atoms with Crippen LogP contribution in [0.1, 0.15) is 35.8 Å². The largest absolute Gasteiger partial charge is 0.494 e. The second-order valence-corrected chi connectivity index (χ2v) is 7.32. The van der Waals surface area contributed by atoms with Gasteiger partial charge in [-0.15, -0.1) is 0 Å². The molecule has 0 aliphatic heterocycles. The molecular formula is C16H13Cl2NO2. The molecule has 1 aromatic heterocycles. The van der Waals surface area contributed by atoms with Gasteiger partial charge in [-0.2, -0.15) is 0 Å². The zero-order valence-electron chi connectivity index (χ0n) is 11.1. The monoisotopic (exact) mass is 321 g/mol. The minimum atomic E-state index is 0.152. The maximum absolute atomic E-state index is 10.6. The molecule has 108 valence electrons. The molecule has 21 heavy (non-hydrogen) atoms. The Morgan fingerprint density at radius 3 is 1.90 bits per heavy atom. The van der Waals surface area contributed by atoms with Crippen LogP contribution in [0.2, 0.25) is 10.0 Å². The van der Waals surface area contributed by atoms with Crippen molar-refractivity contribution in [3.05, 3.63) is 39.4 Å². The van der Waals surface area contributed by atoms with Crippen molar-refractivity contribution in [2.45, 2.75) is 24.7 Å². The molecule has 0 radical (unpaired) electrons. The predicted octanol–water partition coefficient (Wildman–Crippen LogP) is 4.42. The van der Waals surface area contributed by atoms with Gasteiger partial charge in [0, 0.05) is 21.2 Å². The normalized spacial score (nSPS) is 31.3. The van der Waals surface area contributed by atoms with Crippen molar-refractivity contribution < 1.29 is 10.2 Å². The van der Waals surface area contributed by atoms with Crippen LogP contribution in [0.5, 0.6) is 11.8 Å². The molecule has 3 aliphatic carbocycles. The second-order valence-electron chi connectivity index (χ2n) is 6.45. The van der Waals surface area contributed by atoms with Crippen LogP contribution in [0.15, 0.2) is 18.2 Å². The van der Waals surface area contributed by atoms with E-state index in [0.717, 1.165) is 17.5 Å². The molecule has 2 saturated carbocycles. The van der Waals surface area contributed by atoms with Crippen LogP contribution in [-0.4, -0.2) is 14.8 Å². The summed E-state index contributed by atoms with van der Waals surface area (Å²) in [6.45, 7) is 0. The first-order chi connectivity index (χ1) is 10.1. The summed E-state index contributed by atoms with van der Waals surface area (Å²) in [5, 5.41) is 22.2. The van der Waals surface area contributed by atoms with E-state index in [1.165, 1.54) is 11.0 Å². The van der Waals surface area contributed by atoms with E-state index in [-0.39, 0.29) is 11.8 Å². The maximum Gasteiger partial charge on any atom is 0.202 e. The molecule has 4 atom stereocenters. The first-order valence-corrected chi connectivity index (χ1v) is 7.94. The van der Waals surface area contributed by atoms with Crippen molar-refractivity contribution in [2.24, 2.45) is 11.8 Å². The molecule has 2 aromatic rings. The van der Waals surface area contributed by atoms with E-state index in [2.05, 4.69) is 0 Å². The molecule has 3 nitrogen and oxygen atoms in total. The number of halogens is 2. The molecule has 5 rings (SSSR count). The van der Waals surface area contributed by atoms with Gasteiger partial charge in [0.25, 0.3) is 0 Å². The Bertz CT molecular complexity index is 740. The topological polar surface area (TPSA) is 45.4 Å². The molecule has 2 bridgehead atoms. The van der Waals surface area contributed by atoms with Gasteiger partial charge in [0.05, 0.1) is 5.69 Å². The minimum absolute atomic E-state index is 0.152. The van der Waals surface area contributed by atoms with Crippen molar-refractivity contribution in [3.8, 4) is 17.4 Å². The summed E-state index contributed by atoms with van der Waals surface area (Å²) in [5.74, 6) is 2.56. The molecule has 1 aromatic carbocycles. The number of fused-ring (bicyclic) bond motifs is 8. The number of aromatic hydroxyl groups is 2. The molecule has 2 N–H and O–H groups in total. The summed E-state index contributed by atoms with van der Waals surface area (Å²) in [6.07, 6.45) is 2.32. The van der Waals surface area contributed by atoms with Crippen molar-refractivity contribution >= 4 is 23.2 Å². The van der Waals surface area contributed by atoms with Crippen molar-refractivity contribution in [1.29, 1.82) is 0 Å². The van der Waals surface area contributed by atoms with Crippen LogP contribution >= 0.6 is 23.2 Å². The summed E-state index contributed by atoms with van der Waals surface area (Å²) in [5.41, 5.74) is 2.50. The standard InChI is InChI=1S/C16H13Cl2NO2/c17-6-1-7(18)3-8(2-6)19-15(20)13-11-5-12(10-4-9(10)11)14(13)16(19)21/h1-3,9-12,20-21H,4-5H2/t9-,10+,11?,12?. The third-order valence-electron chi connectivity index (χ3n) is 5.48. The fourth-order valence-electron chi connectivity index (χ4n) is 4.67. The Morgan fingerprint density at radius 2 is 1.38 bits per heavy atom. The Balaban J connectivity index is 1.75. The minimum Gasteiger partial charge on any atom is -0.494 e. The third-order valence-corrected chi connectivity index (χ3v) is 5.91. The number of hydrogen-bond acceptors (Lipinski definition) is 2.